The smallest absolute Gasteiger partial charge is 0.161 e. The van der Waals surface area contributed by atoms with Gasteiger partial charge in [-0.15, -0.1) is 0 Å². The van der Waals surface area contributed by atoms with E-state index < -0.39 is 5.82 Å². The van der Waals surface area contributed by atoms with E-state index in [1.807, 2.05) is 18.2 Å². The summed E-state index contributed by atoms with van der Waals surface area (Å²) < 4.78 is 19.8. The van der Waals surface area contributed by atoms with Crippen molar-refractivity contribution in [2.75, 3.05) is 5.73 Å². The minimum Gasteiger partial charge on any atom is -0.454 e. The predicted molar refractivity (Wildman–Crippen MR) is 85.3 cm³/mol. The van der Waals surface area contributed by atoms with Gasteiger partial charge in [-0.1, -0.05) is 27.5 Å². The molecule has 0 saturated heterocycles. The number of hydrogen-bond donors (Lipinski definition) is 1. The molecule has 3 aromatic rings. The maximum atomic E-state index is 13.2. The van der Waals surface area contributed by atoms with E-state index >= 15 is 0 Å². The van der Waals surface area contributed by atoms with Crippen LogP contribution < -0.4 is 10.5 Å². The van der Waals surface area contributed by atoms with Crippen LogP contribution >= 0.6 is 27.5 Å². The molecule has 0 spiro atoms. The second kappa shape index (κ2) is 5.50. The zero-order chi connectivity index (χ0) is 15.0. The van der Waals surface area contributed by atoms with Crippen LogP contribution in [0.1, 0.15) is 0 Å². The molecule has 3 nitrogen and oxygen atoms in total. The summed E-state index contributed by atoms with van der Waals surface area (Å²) in [6.07, 6.45) is 1.52. The molecule has 0 amide bonds. The maximum absolute atomic E-state index is 13.2. The van der Waals surface area contributed by atoms with Crippen LogP contribution in [0.3, 0.4) is 0 Å². The van der Waals surface area contributed by atoms with Crippen molar-refractivity contribution in [2.24, 2.45) is 0 Å². The van der Waals surface area contributed by atoms with E-state index in [0.717, 1.165) is 15.4 Å². The quantitative estimate of drug-likeness (QED) is 0.680. The van der Waals surface area contributed by atoms with Gasteiger partial charge in [0.1, 0.15) is 11.6 Å². The summed E-state index contributed by atoms with van der Waals surface area (Å²) in [5.74, 6) is 0.365. The molecule has 106 valence electrons. The number of fused-ring (bicyclic) bond motifs is 1. The lowest BCUT2D eigenvalue weighted by Crippen LogP contribution is -1.95. The average molecular weight is 368 g/mol. The van der Waals surface area contributed by atoms with E-state index in [4.69, 9.17) is 22.1 Å². The van der Waals surface area contributed by atoms with Crippen molar-refractivity contribution in [3.05, 3.63) is 57.9 Å². The normalized spacial score (nSPS) is 10.8. The molecular formula is C15H9BrClFN2O. The van der Waals surface area contributed by atoms with Gasteiger partial charge in [0.05, 0.1) is 22.4 Å². The SMILES string of the molecule is Nc1cnc2ccc(Br)cc2c1Oc1ccc(F)c(Cl)c1. The molecule has 21 heavy (non-hydrogen) atoms. The molecule has 0 bridgehead atoms. The molecule has 0 aliphatic heterocycles. The lowest BCUT2D eigenvalue weighted by atomic mass is 10.2. The first-order valence-electron chi connectivity index (χ1n) is 6.01. The Morgan fingerprint density at radius 2 is 2.00 bits per heavy atom. The Labute approximate surface area is 133 Å². The lowest BCUT2D eigenvalue weighted by molar-refractivity contribution is 0.488. The van der Waals surface area contributed by atoms with Gasteiger partial charge >= 0.3 is 0 Å². The fraction of sp³-hybridized carbons (Fsp3) is 0. The van der Waals surface area contributed by atoms with E-state index in [1.165, 1.54) is 24.4 Å². The zero-order valence-electron chi connectivity index (χ0n) is 10.6. The number of nitrogen functional groups attached to an aromatic ring is 1. The number of pyridine rings is 1. The number of anilines is 1. The number of ether oxygens (including phenoxy) is 1. The standard InChI is InChI=1S/C15H9BrClFN2O/c16-8-1-4-14-10(5-8)15(13(19)7-20-14)21-9-2-3-12(18)11(17)6-9/h1-7H,19H2. The molecule has 3 rings (SSSR count). The monoisotopic (exact) mass is 366 g/mol. The molecule has 0 saturated carbocycles. The molecule has 2 aromatic carbocycles. The first kappa shape index (κ1) is 14.1. The van der Waals surface area contributed by atoms with Crippen LogP contribution in [0.25, 0.3) is 10.9 Å². The third kappa shape index (κ3) is 2.80. The summed E-state index contributed by atoms with van der Waals surface area (Å²) in [7, 11) is 0. The second-order valence-electron chi connectivity index (χ2n) is 4.38. The van der Waals surface area contributed by atoms with Crippen molar-refractivity contribution in [1.82, 2.24) is 4.98 Å². The molecule has 0 radical (unpaired) electrons. The molecular weight excluding hydrogens is 359 g/mol. The summed E-state index contributed by atoms with van der Waals surface area (Å²) in [4.78, 5) is 4.24. The Kier molecular flexibility index (Phi) is 3.69. The molecule has 0 unspecified atom stereocenters. The first-order chi connectivity index (χ1) is 10.0. The van der Waals surface area contributed by atoms with Crippen LogP contribution in [-0.2, 0) is 0 Å². The van der Waals surface area contributed by atoms with Crippen LogP contribution in [0.4, 0.5) is 10.1 Å². The molecule has 0 atom stereocenters. The summed E-state index contributed by atoms with van der Waals surface area (Å²) in [6, 6.07) is 9.73. The van der Waals surface area contributed by atoms with Gasteiger partial charge < -0.3 is 10.5 Å². The van der Waals surface area contributed by atoms with Gasteiger partial charge in [-0.3, -0.25) is 4.98 Å². The summed E-state index contributed by atoms with van der Waals surface area (Å²) >= 11 is 9.16. The molecule has 6 heteroatoms. The summed E-state index contributed by atoms with van der Waals surface area (Å²) in [5.41, 5.74) is 7.08. The number of nitrogens with zero attached hydrogens (tertiary/aromatic N) is 1. The van der Waals surface area contributed by atoms with Gasteiger partial charge in [0, 0.05) is 15.9 Å². The summed E-state index contributed by atoms with van der Waals surface area (Å²) in [6.45, 7) is 0. The maximum Gasteiger partial charge on any atom is 0.161 e. The molecule has 0 fully saturated rings. The van der Waals surface area contributed by atoms with Gasteiger partial charge in [0.2, 0.25) is 0 Å². The van der Waals surface area contributed by atoms with Crippen molar-refractivity contribution >= 4 is 44.1 Å². The number of hydrogen-bond acceptors (Lipinski definition) is 3. The van der Waals surface area contributed by atoms with Gasteiger partial charge in [-0.05, 0) is 30.3 Å². The second-order valence-corrected chi connectivity index (χ2v) is 5.70. The highest BCUT2D eigenvalue weighted by Gasteiger charge is 2.11. The van der Waals surface area contributed by atoms with Crippen LogP contribution in [0, 0.1) is 5.82 Å². The van der Waals surface area contributed by atoms with E-state index in [9.17, 15) is 4.39 Å². The highest BCUT2D eigenvalue weighted by Crippen LogP contribution is 2.36. The van der Waals surface area contributed by atoms with E-state index in [-0.39, 0.29) is 5.02 Å². The minimum absolute atomic E-state index is 0.00869. The molecule has 1 aromatic heterocycles. The van der Waals surface area contributed by atoms with Gasteiger partial charge in [0.15, 0.2) is 5.75 Å². The van der Waals surface area contributed by atoms with E-state index in [0.29, 0.717) is 17.2 Å². The van der Waals surface area contributed by atoms with Crippen molar-refractivity contribution < 1.29 is 9.13 Å². The fourth-order valence-electron chi connectivity index (χ4n) is 1.93. The molecule has 0 aliphatic rings. The Morgan fingerprint density at radius 1 is 1.19 bits per heavy atom. The Morgan fingerprint density at radius 3 is 2.76 bits per heavy atom. The van der Waals surface area contributed by atoms with Crippen LogP contribution in [0.2, 0.25) is 5.02 Å². The Balaban J connectivity index is 2.12. The highest BCUT2D eigenvalue weighted by atomic mass is 79.9. The number of rotatable bonds is 2. The van der Waals surface area contributed by atoms with Crippen LogP contribution in [-0.4, -0.2) is 4.98 Å². The molecule has 0 aliphatic carbocycles. The molecule has 1 heterocycles. The van der Waals surface area contributed by atoms with Crippen molar-refractivity contribution in [1.29, 1.82) is 0 Å². The predicted octanol–water partition coefficient (Wildman–Crippen LogP) is 5.16. The van der Waals surface area contributed by atoms with Crippen molar-refractivity contribution in [3.8, 4) is 11.5 Å². The molecule has 2 N–H and O–H groups in total. The van der Waals surface area contributed by atoms with Crippen molar-refractivity contribution in [3.63, 3.8) is 0 Å². The first-order valence-corrected chi connectivity index (χ1v) is 7.18. The van der Waals surface area contributed by atoms with Gasteiger partial charge in [-0.2, -0.15) is 0 Å². The van der Waals surface area contributed by atoms with Crippen LogP contribution in [0.5, 0.6) is 11.5 Å². The fourth-order valence-corrected chi connectivity index (χ4v) is 2.46. The largest absolute Gasteiger partial charge is 0.454 e. The zero-order valence-corrected chi connectivity index (χ0v) is 13.0. The Hall–Kier alpha value is -1.85. The number of aromatic nitrogens is 1. The lowest BCUT2D eigenvalue weighted by Gasteiger charge is -2.12. The Bertz CT molecular complexity index is 836. The van der Waals surface area contributed by atoms with Crippen LogP contribution in [0.15, 0.2) is 47.1 Å². The van der Waals surface area contributed by atoms with Gasteiger partial charge in [0.25, 0.3) is 0 Å². The van der Waals surface area contributed by atoms with Gasteiger partial charge in [-0.25, -0.2) is 4.39 Å². The summed E-state index contributed by atoms with van der Waals surface area (Å²) in [5, 5.41) is 0.746. The topological polar surface area (TPSA) is 48.1 Å². The number of benzene rings is 2. The number of nitrogens with two attached hydrogens (primary N) is 1. The average Bonchev–Trinajstić information content (AvgIpc) is 2.46. The van der Waals surface area contributed by atoms with E-state index in [2.05, 4.69) is 20.9 Å². The third-order valence-corrected chi connectivity index (χ3v) is 3.70. The van der Waals surface area contributed by atoms with Crippen molar-refractivity contribution in [2.45, 2.75) is 0 Å². The third-order valence-electron chi connectivity index (χ3n) is 2.92. The van der Waals surface area contributed by atoms with E-state index in [1.54, 1.807) is 0 Å². The number of halogens is 3. The highest BCUT2D eigenvalue weighted by molar-refractivity contribution is 9.10. The minimum atomic E-state index is -0.501.